The quantitative estimate of drug-likeness (QED) is 0.849. The molecular weight excluding hydrogens is 316 g/mol. The van der Waals surface area contributed by atoms with E-state index in [1.165, 1.54) is 18.7 Å². The van der Waals surface area contributed by atoms with E-state index in [0.29, 0.717) is 11.3 Å². The number of aryl methyl sites for hydroxylation is 2. The molecule has 0 saturated heterocycles. The van der Waals surface area contributed by atoms with E-state index in [4.69, 9.17) is 0 Å². The average molecular weight is 338 g/mol. The number of rotatable bonds is 5. The number of nitrogens with one attached hydrogen (secondary N) is 1. The molecule has 5 nitrogen and oxygen atoms in total. The molecule has 2 rings (SSSR count). The van der Waals surface area contributed by atoms with Crippen LogP contribution in [0.2, 0.25) is 0 Å². The van der Waals surface area contributed by atoms with Gasteiger partial charge in [-0.25, -0.2) is 0 Å². The van der Waals surface area contributed by atoms with Gasteiger partial charge in [-0.15, -0.1) is 0 Å². The molecule has 2 aromatic rings. The van der Waals surface area contributed by atoms with Crippen molar-refractivity contribution in [3.63, 3.8) is 0 Å². The normalized spacial score (nSPS) is 10.2. The smallest absolute Gasteiger partial charge is 0.244 e. The highest BCUT2D eigenvalue weighted by Crippen LogP contribution is 2.24. The average Bonchev–Trinajstić information content (AvgIpc) is 2.54. The number of ketones is 1. The third-order valence-corrected chi connectivity index (χ3v) is 3.97. The molecule has 0 heterocycles. The minimum Gasteiger partial charge on any atom is -0.325 e. The predicted molar refractivity (Wildman–Crippen MR) is 99.0 cm³/mol. The highest BCUT2D eigenvalue weighted by Gasteiger charge is 2.19. The molecule has 0 aromatic heterocycles. The Hall–Kier alpha value is -2.95. The Morgan fingerprint density at radius 3 is 1.96 bits per heavy atom. The maximum Gasteiger partial charge on any atom is 0.244 e. The molecule has 0 unspecified atom stereocenters. The van der Waals surface area contributed by atoms with Gasteiger partial charge in [0.1, 0.15) is 6.54 Å². The summed E-state index contributed by atoms with van der Waals surface area (Å²) in [7, 11) is 0. The zero-order valence-corrected chi connectivity index (χ0v) is 14.9. The summed E-state index contributed by atoms with van der Waals surface area (Å²) in [4.78, 5) is 37.2. The van der Waals surface area contributed by atoms with Gasteiger partial charge in [0.25, 0.3) is 0 Å². The third kappa shape index (κ3) is 4.53. The van der Waals surface area contributed by atoms with Crippen LogP contribution in [0.5, 0.6) is 0 Å². The van der Waals surface area contributed by atoms with E-state index < -0.39 is 0 Å². The second kappa shape index (κ2) is 7.75. The lowest BCUT2D eigenvalue weighted by molar-refractivity contribution is -0.120. The van der Waals surface area contributed by atoms with Crippen molar-refractivity contribution in [2.24, 2.45) is 0 Å². The van der Waals surface area contributed by atoms with Gasteiger partial charge >= 0.3 is 0 Å². The number of hydrogen-bond acceptors (Lipinski definition) is 3. The Bertz CT molecular complexity index is 790. The summed E-state index contributed by atoms with van der Waals surface area (Å²) in [6.45, 7) is 6.69. The molecule has 0 radical (unpaired) electrons. The standard InChI is InChI=1S/C20H22N2O3/c1-13-6-5-7-14(2)20(13)22(16(4)24)12-19(25)21-18-10-8-17(9-11-18)15(3)23/h5-11H,12H2,1-4H3,(H,21,25). The summed E-state index contributed by atoms with van der Waals surface area (Å²) in [6, 6.07) is 12.4. The van der Waals surface area contributed by atoms with Crippen LogP contribution >= 0.6 is 0 Å². The summed E-state index contributed by atoms with van der Waals surface area (Å²) in [6.07, 6.45) is 0. The molecule has 0 atom stereocenters. The minimum absolute atomic E-state index is 0.0318. The van der Waals surface area contributed by atoms with Gasteiger partial charge in [-0.3, -0.25) is 14.4 Å². The van der Waals surface area contributed by atoms with Crippen LogP contribution < -0.4 is 10.2 Å². The number of amides is 2. The van der Waals surface area contributed by atoms with E-state index in [1.807, 2.05) is 32.0 Å². The van der Waals surface area contributed by atoms with E-state index in [1.54, 1.807) is 24.3 Å². The SMILES string of the molecule is CC(=O)c1ccc(NC(=O)CN(C(C)=O)c2c(C)cccc2C)cc1. The van der Waals surface area contributed by atoms with Crippen LogP contribution in [0.3, 0.4) is 0 Å². The van der Waals surface area contributed by atoms with Gasteiger partial charge in [-0.2, -0.15) is 0 Å². The highest BCUT2D eigenvalue weighted by molar-refractivity contribution is 6.03. The molecule has 2 aromatic carbocycles. The first-order valence-electron chi connectivity index (χ1n) is 8.04. The second-order valence-electron chi connectivity index (χ2n) is 6.03. The first-order chi connectivity index (χ1) is 11.8. The lowest BCUT2D eigenvalue weighted by Crippen LogP contribution is -2.37. The van der Waals surface area contributed by atoms with Gasteiger partial charge in [0.15, 0.2) is 5.78 Å². The molecule has 0 aliphatic carbocycles. The Morgan fingerprint density at radius 1 is 0.920 bits per heavy atom. The fraction of sp³-hybridized carbons (Fsp3) is 0.250. The lowest BCUT2D eigenvalue weighted by Gasteiger charge is -2.24. The zero-order valence-electron chi connectivity index (χ0n) is 14.9. The van der Waals surface area contributed by atoms with Gasteiger partial charge in [0.2, 0.25) is 11.8 Å². The molecule has 0 aliphatic heterocycles. The molecule has 0 saturated carbocycles. The van der Waals surface area contributed by atoms with Gasteiger partial charge in [-0.1, -0.05) is 18.2 Å². The fourth-order valence-electron chi connectivity index (χ4n) is 2.71. The van der Waals surface area contributed by atoms with Gasteiger partial charge in [-0.05, 0) is 56.2 Å². The molecule has 0 bridgehead atoms. The zero-order chi connectivity index (χ0) is 18.6. The number of nitrogens with zero attached hydrogens (tertiary/aromatic N) is 1. The number of anilines is 2. The summed E-state index contributed by atoms with van der Waals surface area (Å²) in [5, 5.41) is 2.76. The van der Waals surface area contributed by atoms with Crippen LogP contribution in [-0.2, 0) is 9.59 Å². The number of benzene rings is 2. The van der Waals surface area contributed by atoms with Crippen molar-refractivity contribution in [2.45, 2.75) is 27.7 Å². The van der Waals surface area contributed by atoms with Crippen molar-refractivity contribution in [2.75, 3.05) is 16.8 Å². The topological polar surface area (TPSA) is 66.5 Å². The molecule has 0 aliphatic rings. The van der Waals surface area contributed by atoms with E-state index in [2.05, 4.69) is 5.32 Å². The van der Waals surface area contributed by atoms with E-state index >= 15 is 0 Å². The van der Waals surface area contributed by atoms with Crippen LogP contribution in [-0.4, -0.2) is 24.1 Å². The first kappa shape index (κ1) is 18.4. The molecule has 5 heteroatoms. The number of carbonyl (C=O) groups excluding carboxylic acids is 3. The minimum atomic E-state index is -0.298. The Labute approximate surface area is 147 Å². The molecule has 25 heavy (non-hydrogen) atoms. The Kier molecular flexibility index (Phi) is 5.70. The van der Waals surface area contributed by atoms with Crippen LogP contribution in [0.15, 0.2) is 42.5 Å². The Balaban J connectivity index is 2.16. The molecule has 0 spiro atoms. The van der Waals surface area contributed by atoms with Gasteiger partial charge in [0, 0.05) is 18.2 Å². The maximum atomic E-state index is 12.4. The largest absolute Gasteiger partial charge is 0.325 e. The van der Waals surface area contributed by atoms with Crippen molar-refractivity contribution in [1.29, 1.82) is 0 Å². The van der Waals surface area contributed by atoms with Crippen LogP contribution in [0.25, 0.3) is 0 Å². The first-order valence-corrected chi connectivity index (χ1v) is 8.04. The van der Waals surface area contributed by atoms with Crippen LogP contribution in [0, 0.1) is 13.8 Å². The summed E-state index contributed by atoms with van der Waals surface area (Å²) in [5.41, 5.74) is 3.80. The van der Waals surface area contributed by atoms with Crippen LogP contribution in [0.4, 0.5) is 11.4 Å². The molecule has 2 amide bonds. The lowest BCUT2D eigenvalue weighted by atomic mass is 10.1. The van der Waals surface area contributed by atoms with E-state index in [-0.39, 0.29) is 24.1 Å². The van der Waals surface area contributed by atoms with Gasteiger partial charge in [0.05, 0.1) is 5.69 Å². The van der Waals surface area contributed by atoms with Crippen molar-refractivity contribution < 1.29 is 14.4 Å². The summed E-state index contributed by atoms with van der Waals surface area (Å²) >= 11 is 0. The van der Waals surface area contributed by atoms with Gasteiger partial charge < -0.3 is 10.2 Å². The number of carbonyl (C=O) groups is 3. The van der Waals surface area contributed by atoms with E-state index in [0.717, 1.165) is 16.8 Å². The molecular formula is C20H22N2O3. The third-order valence-electron chi connectivity index (χ3n) is 3.97. The predicted octanol–water partition coefficient (Wildman–Crippen LogP) is 3.50. The summed E-state index contributed by atoms with van der Waals surface area (Å²) in [5.74, 6) is -0.524. The second-order valence-corrected chi connectivity index (χ2v) is 6.03. The maximum absolute atomic E-state index is 12.4. The fourth-order valence-corrected chi connectivity index (χ4v) is 2.71. The van der Waals surface area contributed by atoms with Crippen LogP contribution in [0.1, 0.15) is 35.3 Å². The highest BCUT2D eigenvalue weighted by atomic mass is 16.2. The number of para-hydroxylation sites is 1. The van der Waals surface area contributed by atoms with Crippen molar-refractivity contribution in [3.05, 3.63) is 59.2 Å². The molecule has 1 N–H and O–H groups in total. The van der Waals surface area contributed by atoms with E-state index in [9.17, 15) is 14.4 Å². The van der Waals surface area contributed by atoms with Crippen molar-refractivity contribution >= 4 is 29.0 Å². The molecule has 130 valence electrons. The number of hydrogen-bond donors (Lipinski definition) is 1. The monoisotopic (exact) mass is 338 g/mol. The summed E-state index contributed by atoms with van der Waals surface area (Å²) < 4.78 is 0. The molecule has 0 fully saturated rings. The Morgan fingerprint density at radius 2 is 1.48 bits per heavy atom. The number of Topliss-reactive ketones (excluding diaryl/α,β-unsaturated/α-hetero) is 1. The van der Waals surface area contributed by atoms with Crippen molar-refractivity contribution in [3.8, 4) is 0 Å². The van der Waals surface area contributed by atoms with Crippen molar-refractivity contribution in [1.82, 2.24) is 0 Å².